The van der Waals surface area contributed by atoms with E-state index < -0.39 is 36.4 Å². The van der Waals surface area contributed by atoms with E-state index in [4.69, 9.17) is 9.47 Å². The number of halogens is 4. The van der Waals surface area contributed by atoms with Crippen LogP contribution in [-0.4, -0.2) is 36.4 Å². The van der Waals surface area contributed by atoms with Gasteiger partial charge in [-0.2, -0.15) is 13.2 Å². The number of rotatable bonds is 8. The van der Waals surface area contributed by atoms with E-state index in [0.29, 0.717) is 10.8 Å². The second kappa shape index (κ2) is 9.67. The number of aliphatic carboxylic acids is 1. The van der Waals surface area contributed by atoms with Crippen LogP contribution in [0.25, 0.3) is 10.8 Å². The van der Waals surface area contributed by atoms with Crippen molar-refractivity contribution < 1.29 is 41.7 Å². The maximum absolute atomic E-state index is 15.2. The van der Waals surface area contributed by atoms with Crippen LogP contribution in [0.5, 0.6) is 11.5 Å². The Morgan fingerprint density at radius 1 is 1.08 bits per heavy atom. The van der Waals surface area contributed by atoms with E-state index in [1.54, 1.807) is 38.1 Å². The number of hydrogen-bond acceptors (Lipinski definition) is 4. The molecule has 1 unspecified atom stereocenters. The van der Waals surface area contributed by atoms with Gasteiger partial charge in [0.25, 0.3) is 5.91 Å². The third-order valence-electron chi connectivity index (χ3n) is 6.03. The van der Waals surface area contributed by atoms with Crippen LogP contribution in [0.1, 0.15) is 47.7 Å². The summed E-state index contributed by atoms with van der Waals surface area (Å²) in [6, 6.07) is 10.3. The van der Waals surface area contributed by atoms with E-state index in [-0.39, 0.29) is 53.4 Å². The van der Waals surface area contributed by atoms with Crippen molar-refractivity contribution in [3.05, 3.63) is 65.0 Å². The largest absolute Gasteiger partial charge is 0.492 e. The van der Waals surface area contributed by atoms with Crippen LogP contribution in [0.15, 0.2) is 42.5 Å². The minimum absolute atomic E-state index is 0.00757. The Hall–Kier alpha value is -3.82. The number of amides is 1. The fraction of sp³-hybridized carbons (Fsp3) is 0.308. The molecule has 0 aromatic heterocycles. The molecule has 3 aromatic carbocycles. The quantitative estimate of drug-likeness (QED) is 0.377. The molecule has 4 rings (SSSR count). The van der Waals surface area contributed by atoms with E-state index in [9.17, 15) is 27.9 Å². The molecule has 0 saturated carbocycles. The highest BCUT2D eigenvalue weighted by Gasteiger charge is 2.39. The van der Waals surface area contributed by atoms with Gasteiger partial charge in [-0.3, -0.25) is 9.59 Å². The monoisotopic (exact) mass is 505 g/mol. The molecule has 0 aliphatic carbocycles. The predicted molar refractivity (Wildman–Crippen MR) is 124 cm³/mol. The topological polar surface area (TPSA) is 76.1 Å². The molecule has 0 fully saturated rings. The lowest BCUT2D eigenvalue weighted by Gasteiger charge is -2.19. The van der Waals surface area contributed by atoms with Gasteiger partial charge in [-0.15, -0.1) is 0 Å². The highest BCUT2D eigenvalue weighted by molar-refractivity contribution is 6.17. The van der Waals surface area contributed by atoms with Gasteiger partial charge in [0.2, 0.25) is 0 Å². The van der Waals surface area contributed by atoms with E-state index in [1.165, 1.54) is 12.1 Å². The number of anilines is 1. The Balaban J connectivity index is 1.85. The zero-order valence-corrected chi connectivity index (χ0v) is 19.5. The molecule has 1 aliphatic rings. The van der Waals surface area contributed by atoms with Gasteiger partial charge in [0.1, 0.15) is 17.3 Å². The molecule has 1 aliphatic heterocycles. The minimum Gasteiger partial charge on any atom is -0.492 e. The van der Waals surface area contributed by atoms with Crippen molar-refractivity contribution in [3.63, 3.8) is 0 Å². The van der Waals surface area contributed by atoms with Gasteiger partial charge in [0, 0.05) is 16.3 Å². The van der Waals surface area contributed by atoms with E-state index in [1.807, 2.05) is 0 Å². The Labute approximate surface area is 204 Å². The lowest BCUT2D eigenvalue weighted by atomic mass is 9.96. The molecule has 1 amide bonds. The van der Waals surface area contributed by atoms with Crippen molar-refractivity contribution in [2.75, 3.05) is 18.1 Å². The number of nitrogens with zero attached hydrogens (tertiary/aromatic N) is 1. The second-order valence-electron chi connectivity index (χ2n) is 8.30. The van der Waals surface area contributed by atoms with Crippen molar-refractivity contribution in [2.45, 2.75) is 38.9 Å². The Morgan fingerprint density at radius 2 is 1.75 bits per heavy atom. The lowest BCUT2D eigenvalue weighted by molar-refractivity contribution is -0.153. The lowest BCUT2D eigenvalue weighted by Crippen LogP contribution is -2.24. The van der Waals surface area contributed by atoms with Gasteiger partial charge >= 0.3 is 12.1 Å². The summed E-state index contributed by atoms with van der Waals surface area (Å²) >= 11 is 0. The van der Waals surface area contributed by atoms with Gasteiger partial charge in [0.15, 0.2) is 6.61 Å². The number of fused-ring (bicyclic) bond motifs is 2. The number of carbonyl (C=O) groups is 2. The van der Waals surface area contributed by atoms with Crippen molar-refractivity contribution in [2.24, 2.45) is 0 Å². The van der Waals surface area contributed by atoms with E-state index >= 15 is 4.39 Å². The Kier molecular flexibility index (Phi) is 6.79. The number of hydrogen-bond donors (Lipinski definition) is 1. The number of carboxylic acids is 1. The summed E-state index contributed by atoms with van der Waals surface area (Å²) in [5.74, 6) is -3.44. The first-order valence-corrected chi connectivity index (χ1v) is 11.3. The fourth-order valence-electron chi connectivity index (χ4n) is 4.49. The number of ether oxygens (including phenoxy) is 2. The summed E-state index contributed by atoms with van der Waals surface area (Å²) in [5.41, 5.74) is 0.277. The minimum atomic E-state index is -4.61. The molecule has 1 heterocycles. The van der Waals surface area contributed by atoms with Crippen LogP contribution >= 0.6 is 0 Å². The first kappa shape index (κ1) is 25.3. The third kappa shape index (κ3) is 4.55. The van der Waals surface area contributed by atoms with Crippen molar-refractivity contribution in [1.82, 2.24) is 0 Å². The van der Waals surface area contributed by atoms with Crippen LogP contribution in [-0.2, 0) is 11.3 Å². The van der Waals surface area contributed by atoms with Gasteiger partial charge in [-0.1, -0.05) is 37.3 Å². The number of carbonyl (C=O) groups excluding carboxylic acids is 1. The smallest absolute Gasteiger partial charge is 0.422 e. The van der Waals surface area contributed by atoms with Crippen molar-refractivity contribution in [3.8, 4) is 11.5 Å². The van der Waals surface area contributed by atoms with Crippen molar-refractivity contribution in [1.29, 1.82) is 0 Å². The molecule has 0 spiro atoms. The zero-order chi connectivity index (χ0) is 26.2. The maximum Gasteiger partial charge on any atom is 0.422 e. The number of alkyl halides is 3. The SMILES string of the molecule is CCOc1c2c(c(OCC(F)(F)F)c3ccccc13)CN(c1ccc(C(CC)C(=O)O)cc1F)C2=O. The Morgan fingerprint density at radius 3 is 2.31 bits per heavy atom. The molecule has 0 saturated heterocycles. The molecule has 0 radical (unpaired) electrons. The maximum atomic E-state index is 15.2. The molecule has 0 bridgehead atoms. The van der Waals surface area contributed by atoms with Gasteiger partial charge in [-0.25, -0.2) is 4.39 Å². The summed E-state index contributed by atoms with van der Waals surface area (Å²) in [7, 11) is 0. The molecule has 190 valence electrons. The van der Waals surface area contributed by atoms with Crippen LogP contribution < -0.4 is 14.4 Å². The van der Waals surface area contributed by atoms with Crippen LogP contribution in [0.3, 0.4) is 0 Å². The average molecular weight is 505 g/mol. The van der Waals surface area contributed by atoms with Crippen LogP contribution in [0.2, 0.25) is 0 Å². The molecule has 10 heteroatoms. The molecular weight excluding hydrogens is 482 g/mol. The predicted octanol–water partition coefficient (Wildman–Crippen LogP) is 6.06. The van der Waals surface area contributed by atoms with Crippen molar-refractivity contribution >= 4 is 28.3 Å². The summed E-state index contributed by atoms with van der Waals surface area (Å²) in [5, 5.41) is 10.1. The first-order chi connectivity index (χ1) is 17.1. The first-order valence-electron chi connectivity index (χ1n) is 11.3. The standard InChI is InChI=1S/C26H23F4NO5/c1-3-15(25(33)34)14-9-10-20(19(27)11-14)31-12-18-21(24(31)32)23(35-4-2)17-8-6-5-7-16(17)22(18)36-13-26(28,29)30/h5-11,15H,3-4,12-13H2,1-2H3,(H,33,34). The summed E-state index contributed by atoms with van der Waals surface area (Å²) in [6.07, 6.45) is -4.37. The Bertz CT molecular complexity index is 1340. The average Bonchev–Trinajstić information content (AvgIpc) is 3.15. The number of benzene rings is 3. The number of carboxylic acid groups (broad SMARTS) is 1. The fourth-order valence-corrected chi connectivity index (χ4v) is 4.49. The van der Waals surface area contributed by atoms with Gasteiger partial charge in [-0.05, 0) is 31.0 Å². The molecule has 1 atom stereocenters. The highest BCUT2D eigenvalue weighted by atomic mass is 19.4. The molecular formula is C26H23F4NO5. The molecule has 6 nitrogen and oxygen atoms in total. The van der Waals surface area contributed by atoms with E-state index in [2.05, 4.69) is 0 Å². The zero-order valence-electron chi connectivity index (χ0n) is 19.5. The third-order valence-corrected chi connectivity index (χ3v) is 6.03. The second-order valence-corrected chi connectivity index (χ2v) is 8.30. The summed E-state index contributed by atoms with van der Waals surface area (Å²) in [4.78, 5) is 26.1. The summed E-state index contributed by atoms with van der Waals surface area (Å²) in [6.45, 7) is 1.73. The highest BCUT2D eigenvalue weighted by Crippen LogP contribution is 2.46. The van der Waals surface area contributed by atoms with Crippen LogP contribution in [0, 0.1) is 5.82 Å². The summed E-state index contributed by atoms with van der Waals surface area (Å²) < 4.78 is 65.2. The van der Waals surface area contributed by atoms with Crippen LogP contribution in [0.4, 0.5) is 23.2 Å². The van der Waals surface area contributed by atoms with E-state index in [0.717, 1.165) is 11.0 Å². The molecule has 36 heavy (non-hydrogen) atoms. The van der Waals surface area contributed by atoms with Gasteiger partial charge in [0.05, 0.1) is 30.3 Å². The normalized spacial score (nSPS) is 14.2. The molecule has 3 aromatic rings. The van der Waals surface area contributed by atoms with Gasteiger partial charge < -0.3 is 19.5 Å². The molecule has 1 N–H and O–H groups in total.